The Morgan fingerprint density at radius 2 is 2.25 bits per heavy atom. The fourth-order valence-electron chi connectivity index (χ4n) is 0. The van der Waals surface area contributed by atoms with Crippen molar-refractivity contribution in [3.8, 4) is 0 Å². The molecular formula is CH2OP2. The summed E-state index contributed by atoms with van der Waals surface area (Å²) in [5.41, 5.74) is 1.62. The first-order chi connectivity index (χ1) is 1.91. The molecule has 0 saturated carbocycles. The number of carbonyl (C=O) groups excluding carboxylic acids is 1. The Morgan fingerprint density at radius 1 is 2.00 bits per heavy atom. The Bertz CT molecular complexity index is 44.0. The Kier molecular flexibility index (Phi) is 3.57. The van der Waals surface area contributed by atoms with E-state index in [4.69, 9.17) is 4.79 Å². The van der Waals surface area contributed by atoms with Crippen LogP contribution in [-0.4, -0.2) is 5.66 Å². The fourth-order valence-corrected chi connectivity index (χ4v) is 0. The average molecular weight is 92.0 g/mol. The van der Waals surface area contributed by atoms with E-state index in [1.54, 1.807) is 5.66 Å². The molecule has 0 rings (SSSR count). The van der Waals surface area contributed by atoms with Gasteiger partial charge >= 0.3 is 0 Å². The van der Waals surface area contributed by atoms with Gasteiger partial charge in [-0.05, 0) is 0 Å². The van der Waals surface area contributed by atoms with Crippen molar-refractivity contribution in [3.05, 3.63) is 0 Å². The molecule has 1 unspecified atom stereocenters. The van der Waals surface area contributed by atoms with Crippen LogP contribution in [0.15, 0.2) is 0 Å². The van der Waals surface area contributed by atoms with Gasteiger partial charge in [0.05, 0.1) is 0 Å². The summed E-state index contributed by atoms with van der Waals surface area (Å²) in [6, 6.07) is 0. The second kappa shape index (κ2) is 3.31. The van der Waals surface area contributed by atoms with E-state index in [2.05, 4.69) is 8.93 Å². The van der Waals surface area contributed by atoms with Gasteiger partial charge in [-0.15, -0.1) is 0 Å². The highest BCUT2D eigenvalue weighted by Crippen LogP contribution is 1.99. The second-order valence-corrected chi connectivity index (χ2v) is 1.44. The van der Waals surface area contributed by atoms with E-state index in [1.807, 2.05) is 0 Å². The maximum atomic E-state index is 9.02. The van der Waals surface area contributed by atoms with Gasteiger partial charge in [-0.2, -0.15) is 0 Å². The summed E-state index contributed by atoms with van der Waals surface area (Å²) in [6.45, 7) is 0. The highest BCUT2D eigenvalue weighted by molar-refractivity contribution is 8.01. The lowest BCUT2D eigenvalue weighted by Crippen LogP contribution is -1.12. The van der Waals surface area contributed by atoms with Crippen LogP contribution in [0.1, 0.15) is 0 Å². The third kappa shape index (κ3) is 2.31. The molecule has 0 aliphatic carbocycles. The van der Waals surface area contributed by atoms with Gasteiger partial charge in [-0.3, -0.25) is 0 Å². The Morgan fingerprint density at radius 3 is 2.25 bits per heavy atom. The zero-order valence-electron chi connectivity index (χ0n) is 1.93. The minimum atomic E-state index is 0.610. The summed E-state index contributed by atoms with van der Waals surface area (Å²) in [7, 11) is 2.81. The lowest BCUT2D eigenvalue weighted by Gasteiger charge is -1.30. The Balaban J connectivity index is 3.11. The van der Waals surface area contributed by atoms with Crippen molar-refractivity contribution in [1.82, 2.24) is 0 Å². The molecule has 0 aromatic heterocycles. The van der Waals surface area contributed by atoms with Gasteiger partial charge in [-0.1, -0.05) is 8.93 Å². The molecule has 0 aromatic rings. The molecule has 1 nitrogen and oxygen atoms in total. The summed E-state index contributed by atoms with van der Waals surface area (Å²) in [5.74, 6) is 0. The maximum absolute atomic E-state index is 9.02. The molecule has 0 aromatic carbocycles. The van der Waals surface area contributed by atoms with E-state index >= 15 is 0 Å². The largest absolute Gasteiger partial charge is 0.228 e. The maximum Gasteiger partial charge on any atom is 0.154 e. The predicted octanol–water partition coefficient (Wildman–Crippen LogP) is 0.790. The molecule has 0 spiro atoms. The predicted molar refractivity (Wildman–Crippen MR) is 22.3 cm³/mol. The first kappa shape index (κ1) is 4.31. The summed E-state index contributed by atoms with van der Waals surface area (Å²) < 4.78 is 0. The van der Waals surface area contributed by atoms with E-state index in [9.17, 15) is 0 Å². The molecule has 0 saturated heterocycles. The summed E-state index contributed by atoms with van der Waals surface area (Å²) in [4.78, 5) is 9.02. The quantitative estimate of drug-likeness (QED) is 0.403. The summed E-state index contributed by atoms with van der Waals surface area (Å²) >= 11 is 0. The number of hydrogen-bond donors (Lipinski definition) is 0. The van der Waals surface area contributed by atoms with Crippen molar-refractivity contribution < 1.29 is 4.79 Å². The minimum absolute atomic E-state index is 0.610. The first-order valence-corrected chi connectivity index (χ1v) is 3.20. The van der Waals surface area contributed by atoms with Crippen LogP contribution in [0.5, 0.6) is 0 Å². The van der Waals surface area contributed by atoms with E-state index in [0.717, 1.165) is 0 Å². The van der Waals surface area contributed by atoms with Gasteiger partial charge in [0, 0.05) is 7.89 Å². The highest BCUT2D eigenvalue weighted by atomic mass is 32.0. The molecule has 0 aliphatic rings. The molecule has 0 amide bonds. The van der Waals surface area contributed by atoms with Crippen molar-refractivity contribution in [2.75, 3.05) is 0 Å². The second-order valence-electron chi connectivity index (χ2n) is 0.220. The third-order valence-electron chi connectivity index (χ3n) is 0.0527. The molecule has 0 aliphatic heterocycles. The van der Waals surface area contributed by atoms with Crippen LogP contribution in [0.4, 0.5) is 0 Å². The van der Waals surface area contributed by atoms with Crippen molar-refractivity contribution in [2.45, 2.75) is 0 Å². The molecule has 0 N–H and O–H groups in total. The van der Waals surface area contributed by atoms with Gasteiger partial charge in [0.1, 0.15) is 0 Å². The lowest BCUT2D eigenvalue weighted by atomic mass is 11.9. The average Bonchev–Trinajstić information content (AvgIpc) is 1.37. The van der Waals surface area contributed by atoms with Crippen LogP contribution in [-0.2, 0) is 4.79 Å². The van der Waals surface area contributed by atoms with Crippen molar-refractivity contribution in [1.29, 1.82) is 0 Å². The lowest BCUT2D eigenvalue weighted by molar-refractivity contribution is 0.572. The molecule has 0 fully saturated rings. The van der Waals surface area contributed by atoms with E-state index in [-0.39, 0.29) is 0 Å². The zero-order valence-corrected chi connectivity index (χ0v) is 3.98. The van der Waals surface area contributed by atoms with Crippen molar-refractivity contribution in [3.63, 3.8) is 0 Å². The van der Waals surface area contributed by atoms with Gasteiger partial charge < -0.3 is 0 Å². The third-order valence-corrected chi connectivity index (χ3v) is 0.474. The molecule has 4 heavy (non-hydrogen) atoms. The summed E-state index contributed by atoms with van der Waals surface area (Å²) in [5, 5.41) is 0. The van der Waals surface area contributed by atoms with Crippen LogP contribution in [0.25, 0.3) is 0 Å². The van der Waals surface area contributed by atoms with E-state index in [0.29, 0.717) is 7.89 Å². The highest BCUT2D eigenvalue weighted by Gasteiger charge is 1.32. The number of hydrogen-bond acceptors (Lipinski definition) is 1. The topological polar surface area (TPSA) is 17.1 Å². The molecule has 22 valence electrons. The van der Waals surface area contributed by atoms with Gasteiger partial charge in [-0.25, -0.2) is 4.79 Å². The Labute approximate surface area is 28.3 Å². The fraction of sp³-hybridized carbons (Fsp3) is 0. The van der Waals surface area contributed by atoms with Crippen LogP contribution < -0.4 is 0 Å². The van der Waals surface area contributed by atoms with E-state index < -0.39 is 0 Å². The van der Waals surface area contributed by atoms with Crippen LogP contribution in [0, 0.1) is 0 Å². The Hall–Kier alpha value is 0.310. The van der Waals surface area contributed by atoms with Crippen molar-refractivity contribution >= 4 is 22.5 Å². The van der Waals surface area contributed by atoms with Crippen LogP contribution in [0.3, 0.4) is 0 Å². The molecule has 0 radical (unpaired) electrons. The monoisotopic (exact) mass is 92.0 g/mol. The van der Waals surface area contributed by atoms with Crippen LogP contribution in [0.2, 0.25) is 0 Å². The zero-order chi connectivity index (χ0) is 3.41. The number of rotatable bonds is 0. The first-order valence-electron chi connectivity index (χ1n) is 0.686. The van der Waals surface area contributed by atoms with Crippen LogP contribution >= 0.6 is 16.8 Å². The molecule has 1 atom stereocenters. The molecule has 0 heterocycles. The summed E-state index contributed by atoms with van der Waals surface area (Å²) in [6.07, 6.45) is 0. The normalized spacial score (nSPS) is 6.25. The van der Waals surface area contributed by atoms with Crippen molar-refractivity contribution in [2.24, 2.45) is 0 Å². The smallest absolute Gasteiger partial charge is 0.154 e. The van der Waals surface area contributed by atoms with Gasteiger partial charge in [0.25, 0.3) is 0 Å². The molecular weight excluding hydrogens is 90.0 g/mol. The molecule has 0 bridgehead atoms. The molecule has 3 heteroatoms. The van der Waals surface area contributed by atoms with E-state index in [1.165, 1.54) is 0 Å². The standard InChI is InChI=1S/CH2OP2/c2-1-4-3/h3H2. The SMILES string of the molecule is O=C=PP. The van der Waals surface area contributed by atoms with Gasteiger partial charge in [0.15, 0.2) is 5.66 Å². The minimum Gasteiger partial charge on any atom is -0.228 e. The van der Waals surface area contributed by atoms with Gasteiger partial charge in [0.2, 0.25) is 0 Å².